The van der Waals surface area contributed by atoms with Gasteiger partial charge in [-0.3, -0.25) is 0 Å². The van der Waals surface area contributed by atoms with Crippen molar-refractivity contribution in [3.05, 3.63) is 57.0 Å². The molecule has 0 spiro atoms. The second-order valence-electron chi connectivity index (χ2n) is 3.83. The van der Waals surface area contributed by atoms with E-state index in [4.69, 9.17) is 4.74 Å². The van der Waals surface area contributed by atoms with Gasteiger partial charge in [0.15, 0.2) is 0 Å². The van der Waals surface area contributed by atoms with Crippen LogP contribution < -0.4 is 10.1 Å². The van der Waals surface area contributed by atoms with E-state index in [2.05, 4.69) is 49.3 Å². The number of benzene rings is 2. The Kier molecular flexibility index (Phi) is 4.66. The molecule has 4 heteroatoms. The third-order valence-electron chi connectivity index (χ3n) is 2.57. The molecule has 0 aromatic heterocycles. The van der Waals surface area contributed by atoms with Gasteiger partial charge >= 0.3 is 0 Å². The Morgan fingerprint density at radius 1 is 1.00 bits per heavy atom. The average molecular weight is 371 g/mol. The minimum absolute atomic E-state index is 0.790. The first kappa shape index (κ1) is 13.4. The van der Waals surface area contributed by atoms with Crippen LogP contribution in [0.2, 0.25) is 0 Å². The molecule has 0 heterocycles. The molecule has 0 aliphatic heterocycles. The Hall–Kier alpha value is -1.000. The molecule has 2 aromatic carbocycles. The zero-order chi connectivity index (χ0) is 13.0. The summed E-state index contributed by atoms with van der Waals surface area (Å²) in [5.74, 6) is 0.868. The highest BCUT2D eigenvalue weighted by molar-refractivity contribution is 9.13. The lowest BCUT2D eigenvalue weighted by atomic mass is 10.2. The average Bonchev–Trinajstić information content (AvgIpc) is 2.41. The van der Waals surface area contributed by atoms with Crippen LogP contribution in [0.5, 0.6) is 5.75 Å². The summed E-state index contributed by atoms with van der Waals surface area (Å²) in [6.45, 7) is 0.790. The second kappa shape index (κ2) is 6.25. The quantitative estimate of drug-likeness (QED) is 0.831. The number of anilines is 1. The summed E-state index contributed by atoms with van der Waals surface area (Å²) in [4.78, 5) is 0. The summed E-state index contributed by atoms with van der Waals surface area (Å²) in [7, 11) is 1.67. The van der Waals surface area contributed by atoms with Crippen LogP contribution in [-0.4, -0.2) is 7.11 Å². The largest absolute Gasteiger partial charge is 0.497 e. The molecule has 2 aromatic rings. The van der Waals surface area contributed by atoms with Gasteiger partial charge in [0.05, 0.1) is 7.11 Å². The van der Waals surface area contributed by atoms with Crippen LogP contribution in [0.4, 0.5) is 5.69 Å². The van der Waals surface area contributed by atoms with E-state index >= 15 is 0 Å². The minimum Gasteiger partial charge on any atom is -0.497 e. The molecule has 0 unspecified atom stereocenters. The van der Waals surface area contributed by atoms with E-state index in [1.807, 2.05) is 30.3 Å². The first-order chi connectivity index (χ1) is 8.69. The molecule has 2 nitrogen and oxygen atoms in total. The van der Waals surface area contributed by atoms with Crippen molar-refractivity contribution in [3.8, 4) is 5.75 Å². The fourth-order valence-electron chi connectivity index (χ4n) is 1.56. The molecular formula is C14H13Br2NO. The van der Waals surface area contributed by atoms with E-state index in [-0.39, 0.29) is 0 Å². The Bertz CT molecular complexity index is 526. The predicted molar refractivity (Wildman–Crippen MR) is 82.2 cm³/mol. The van der Waals surface area contributed by atoms with Crippen molar-refractivity contribution in [1.82, 2.24) is 0 Å². The van der Waals surface area contributed by atoms with Crippen molar-refractivity contribution < 1.29 is 4.74 Å². The van der Waals surface area contributed by atoms with Crippen molar-refractivity contribution in [1.29, 1.82) is 0 Å². The fourth-order valence-corrected chi connectivity index (χ4v) is 2.24. The Labute approximate surface area is 124 Å². The van der Waals surface area contributed by atoms with Crippen LogP contribution in [0.1, 0.15) is 5.56 Å². The normalized spacial score (nSPS) is 10.2. The number of halogens is 2. The third kappa shape index (κ3) is 3.50. The SMILES string of the molecule is COc1ccc(NCc2ccc(Br)c(Br)c2)cc1. The van der Waals surface area contributed by atoms with Crippen LogP contribution in [0, 0.1) is 0 Å². The van der Waals surface area contributed by atoms with E-state index in [0.29, 0.717) is 0 Å². The van der Waals surface area contributed by atoms with Gasteiger partial charge in [-0.15, -0.1) is 0 Å². The lowest BCUT2D eigenvalue weighted by molar-refractivity contribution is 0.415. The molecule has 1 N–H and O–H groups in total. The number of hydrogen-bond acceptors (Lipinski definition) is 2. The van der Waals surface area contributed by atoms with Crippen LogP contribution in [0.15, 0.2) is 51.4 Å². The van der Waals surface area contributed by atoms with Crippen molar-refractivity contribution >= 4 is 37.5 Å². The van der Waals surface area contributed by atoms with Gasteiger partial charge in [-0.1, -0.05) is 6.07 Å². The van der Waals surface area contributed by atoms with Crippen LogP contribution in [0.25, 0.3) is 0 Å². The number of nitrogens with one attached hydrogen (secondary N) is 1. The molecule has 0 radical (unpaired) electrons. The highest BCUT2D eigenvalue weighted by Crippen LogP contribution is 2.24. The minimum atomic E-state index is 0.790. The monoisotopic (exact) mass is 369 g/mol. The third-order valence-corrected chi connectivity index (χ3v) is 4.45. The lowest BCUT2D eigenvalue weighted by Crippen LogP contribution is -1.99. The van der Waals surface area contributed by atoms with Gasteiger partial charge in [-0.2, -0.15) is 0 Å². The van der Waals surface area contributed by atoms with Crippen molar-refractivity contribution in [2.24, 2.45) is 0 Å². The summed E-state index contributed by atoms with van der Waals surface area (Å²) in [6.07, 6.45) is 0. The van der Waals surface area contributed by atoms with Crippen LogP contribution in [0.3, 0.4) is 0 Å². The van der Waals surface area contributed by atoms with Gasteiger partial charge in [-0.25, -0.2) is 0 Å². The molecule has 0 bridgehead atoms. The Morgan fingerprint density at radius 3 is 2.33 bits per heavy atom. The van der Waals surface area contributed by atoms with E-state index in [0.717, 1.165) is 26.9 Å². The molecule has 0 aliphatic rings. The zero-order valence-electron chi connectivity index (χ0n) is 9.91. The maximum atomic E-state index is 5.12. The molecule has 2 rings (SSSR count). The Morgan fingerprint density at radius 2 is 1.72 bits per heavy atom. The summed E-state index contributed by atoms with van der Waals surface area (Å²) in [5, 5.41) is 3.37. The highest BCUT2D eigenvalue weighted by Gasteiger charge is 1.99. The molecule has 0 amide bonds. The Balaban J connectivity index is 1.99. The van der Waals surface area contributed by atoms with Gasteiger partial charge in [0.25, 0.3) is 0 Å². The first-order valence-electron chi connectivity index (χ1n) is 5.51. The standard InChI is InChI=1S/C14H13Br2NO/c1-18-12-5-3-11(4-6-12)17-9-10-2-7-13(15)14(16)8-10/h2-8,17H,9H2,1H3. The van der Waals surface area contributed by atoms with Gasteiger partial charge in [0, 0.05) is 21.2 Å². The first-order valence-corrected chi connectivity index (χ1v) is 7.09. The summed E-state index contributed by atoms with van der Waals surface area (Å²) < 4.78 is 7.25. The van der Waals surface area contributed by atoms with E-state index in [9.17, 15) is 0 Å². The molecule has 0 aliphatic carbocycles. The topological polar surface area (TPSA) is 21.3 Å². The van der Waals surface area contributed by atoms with E-state index in [1.165, 1.54) is 5.56 Å². The molecule has 94 valence electrons. The fraction of sp³-hybridized carbons (Fsp3) is 0.143. The summed E-state index contributed by atoms with van der Waals surface area (Å²) >= 11 is 6.96. The molecule has 0 fully saturated rings. The zero-order valence-corrected chi connectivity index (χ0v) is 13.1. The molecule has 18 heavy (non-hydrogen) atoms. The molecule has 0 saturated carbocycles. The van der Waals surface area contributed by atoms with Crippen molar-refractivity contribution in [2.75, 3.05) is 12.4 Å². The number of hydrogen-bond donors (Lipinski definition) is 1. The molecule has 0 saturated heterocycles. The maximum absolute atomic E-state index is 5.12. The number of rotatable bonds is 4. The van der Waals surface area contributed by atoms with Crippen molar-refractivity contribution in [2.45, 2.75) is 6.54 Å². The van der Waals surface area contributed by atoms with Crippen LogP contribution in [-0.2, 0) is 6.54 Å². The van der Waals surface area contributed by atoms with E-state index < -0.39 is 0 Å². The predicted octanol–water partition coefficient (Wildman–Crippen LogP) is 4.83. The molecule has 0 atom stereocenters. The van der Waals surface area contributed by atoms with Gasteiger partial charge in [0.1, 0.15) is 5.75 Å². The van der Waals surface area contributed by atoms with Gasteiger partial charge in [-0.05, 0) is 73.8 Å². The number of ether oxygens (including phenoxy) is 1. The smallest absolute Gasteiger partial charge is 0.119 e. The maximum Gasteiger partial charge on any atom is 0.119 e. The van der Waals surface area contributed by atoms with E-state index in [1.54, 1.807) is 7.11 Å². The van der Waals surface area contributed by atoms with Crippen LogP contribution >= 0.6 is 31.9 Å². The van der Waals surface area contributed by atoms with Crippen molar-refractivity contribution in [3.63, 3.8) is 0 Å². The van der Waals surface area contributed by atoms with Gasteiger partial charge in [0.2, 0.25) is 0 Å². The highest BCUT2D eigenvalue weighted by atomic mass is 79.9. The molecular weight excluding hydrogens is 358 g/mol. The number of methoxy groups -OCH3 is 1. The van der Waals surface area contributed by atoms with Gasteiger partial charge < -0.3 is 10.1 Å². The lowest BCUT2D eigenvalue weighted by Gasteiger charge is -2.08. The second-order valence-corrected chi connectivity index (χ2v) is 5.54. The summed E-state index contributed by atoms with van der Waals surface area (Å²) in [5.41, 5.74) is 2.30. The summed E-state index contributed by atoms with van der Waals surface area (Å²) in [6, 6.07) is 14.1.